The van der Waals surface area contributed by atoms with Crippen LogP contribution in [0.15, 0.2) is 82.0 Å². The fourth-order valence-corrected chi connectivity index (χ4v) is 4.22. The van der Waals surface area contributed by atoms with Gasteiger partial charge in [0.05, 0.1) is 16.5 Å². The molecule has 1 aliphatic rings. The Labute approximate surface area is 182 Å². The Bertz CT molecular complexity index is 1430. The van der Waals surface area contributed by atoms with Crippen LogP contribution in [-0.4, -0.2) is 16.9 Å². The number of carbonyl (C=O) groups excluding carboxylic acids is 2. The van der Waals surface area contributed by atoms with Crippen molar-refractivity contribution in [3.05, 3.63) is 105 Å². The fraction of sp³-hybridized carbons (Fsp3) is 0.115. The fourth-order valence-electron chi connectivity index (χ4n) is 4.22. The number of hydrogen-bond acceptors (Lipinski definition) is 6. The molecule has 1 aromatic heterocycles. The third-order valence-corrected chi connectivity index (χ3v) is 5.79. The normalized spacial score (nSPS) is 17.6. The van der Waals surface area contributed by atoms with Crippen molar-refractivity contribution < 1.29 is 23.8 Å². The molecular weight excluding hydrogens is 408 g/mol. The van der Waals surface area contributed by atoms with E-state index in [4.69, 9.17) is 9.15 Å². The summed E-state index contributed by atoms with van der Waals surface area (Å²) in [6.45, 7) is 1.92. The SMILES string of the molecule is Cc1ccc([C@H]2c3c(c4ccccc4oc3=O)OC(=O)[C@@H]2C(=O)c2ccccc2O)cc1. The van der Waals surface area contributed by atoms with E-state index >= 15 is 0 Å². The van der Waals surface area contributed by atoms with Crippen molar-refractivity contribution in [1.29, 1.82) is 0 Å². The van der Waals surface area contributed by atoms with Crippen LogP contribution in [0.25, 0.3) is 11.0 Å². The van der Waals surface area contributed by atoms with E-state index in [1.165, 1.54) is 12.1 Å². The van der Waals surface area contributed by atoms with Crippen LogP contribution in [-0.2, 0) is 4.79 Å². The number of esters is 1. The van der Waals surface area contributed by atoms with Crippen LogP contribution < -0.4 is 10.4 Å². The Morgan fingerprint density at radius 3 is 2.34 bits per heavy atom. The standard InChI is InChI=1S/C26H18O6/c1-14-10-12-15(13-11-14)20-21(23(28)16-6-2-4-8-18(16)27)25(29)32-24-17-7-3-5-9-19(17)31-26(30)22(20)24/h2-13,20-21,27H,1H3/t20-,21+/m1/s1. The zero-order chi connectivity index (χ0) is 22.4. The maximum atomic E-state index is 13.5. The lowest BCUT2D eigenvalue weighted by molar-refractivity contribution is -0.138. The lowest BCUT2D eigenvalue weighted by Gasteiger charge is -2.31. The molecular formula is C26H18O6. The van der Waals surface area contributed by atoms with Crippen molar-refractivity contribution in [1.82, 2.24) is 0 Å². The molecule has 0 bridgehead atoms. The van der Waals surface area contributed by atoms with Crippen LogP contribution in [0, 0.1) is 12.8 Å². The molecule has 0 amide bonds. The van der Waals surface area contributed by atoms with Gasteiger partial charge in [-0.1, -0.05) is 54.1 Å². The molecule has 0 saturated carbocycles. The quantitative estimate of drug-likeness (QED) is 0.226. The van der Waals surface area contributed by atoms with Gasteiger partial charge >= 0.3 is 11.6 Å². The molecule has 0 aliphatic carbocycles. The molecule has 3 aromatic carbocycles. The average Bonchev–Trinajstić information content (AvgIpc) is 2.79. The number of ether oxygens (including phenoxy) is 1. The molecule has 158 valence electrons. The van der Waals surface area contributed by atoms with E-state index in [1.54, 1.807) is 48.5 Å². The minimum atomic E-state index is -1.36. The number of Topliss-reactive ketones (excluding diaryl/α,β-unsaturated/α-hetero) is 1. The van der Waals surface area contributed by atoms with Gasteiger partial charge in [0.25, 0.3) is 0 Å². The number of phenols is 1. The van der Waals surface area contributed by atoms with E-state index in [-0.39, 0.29) is 28.2 Å². The number of rotatable bonds is 3. The van der Waals surface area contributed by atoms with Gasteiger partial charge < -0.3 is 14.3 Å². The van der Waals surface area contributed by atoms with Crippen LogP contribution in [0.5, 0.6) is 11.5 Å². The first-order valence-electron chi connectivity index (χ1n) is 10.1. The van der Waals surface area contributed by atoms with Crippen LogP contribution in [0.2, 0.25) is 0 Å². The number of aryl methyl sites for hydroxylation is 1. The monoisotopic (exact) mass is 426 g/mol. The van der Waals surface area contributed by atoms with Gasteiger partial charge in [-0.25, -0.2) is 4.79 Å². The number of hydrogen-bond donors (Lipinski definition) is 1. The van der Waals surface area contributed by atoms with Crippen LogP contribution >= 0.6 is 0 Å². The van der Waals surface area contributed by atoms with Crippen molar-refractivity contribution in [3.63, 3.8) is 0 Å². The molecule has 0 unspecified atom stereocenters. The maximum Gasteiger partial charge on any atom is 0.343 e. The molecule has 5 rings (SSSR count). The highest BCUT2D eigenvalue weighted by Crippen LogP contribution is 2.45. The summed E-state index contributed by atoms with van der Waals surface area (Å²) in [6.07, 6.45) is 0. The Kier molecular flexibility index (Phi) is 4.63. The third-order valence-electron chi connectivity index (χ3n) is 5.79. The molecule has 0 radical (unpaired) electrons. The highest BCUT2D eigenvalue weighted by Gasteiger charge is 2.46. The number of ketones is 1. The van der Waals surface area contributed by atoms with Gasteiger partial charge in [-0.3, -0.25) is 9.59 Å². The summed E-state index contributed by atoms with van der Waals surface area (Å²) >= 11 is 0. The molecule has 1 N–H and O–H groups in total. The van der Waals surface area contributed by atoms with E-state index in [9.17, 15) is 19.5 Å². The second-order valence-electron chi connectivity index (χ2n) is 7.80. The lowest BCUT2D eigenvalue weighted by Crippen LogP contribution is -2.40. The van der Waals surface area contributed by atoms with Crippen molar-refractivity contribution >= 4 is 22.7 Å². The molecule has 0 fully saturated rings. The minimum Gasteiger partial charge on any atom is -0.507 e. The van der Waals surface area contributed by atoms with Crippen molar-refractivity contribution in [2.75, 3.05) is 0 Å². The van der Waals surface area contributed by atoms with Gasteiger partial charge in [0.2, 0.25) is 0 Å². The molecule has 2 heterocycles. The first-order chi connectivity index (χ1) is 15.5. The van der Waals surface area contributed by atoms with Crippen LogP contribution in [0.4, 0.5) is 0 Å². The smallest absolute Gasteiger partial charge is 0.343 e. The van der Waals surface area contributed by atoms with Gasteiger partial charge in [-0.2, -0.15) is 0 Å². The van der Waals surface area contributed by atoms with E-state index < -0.39 is 29.2 Å². The van der Waals surface area contributed by atoms with Crippen LogP contribution in [0.3, 0.4) is 0 Å². The lowest BCUT2D eigenvalue weighted by atomic mass is 9.75. The molecule has 0 spiro atoms. The highest BCUT2D eigenvalue weighted by molar-refractivity contribution is 6.12. The van der Waals surface area contributed by atoms with E-state index in [0.717, 1.165) is 5.56 Å². The summed E-state index contributed by atoms with van der Waals surface area (Å²) in [4.78, 5) is 39.8. The molecule has 6 nitrogen and oxygen atoms in total. The molecule has 6 heteroatoms. The zero-order valence-corrected chi connectivity index (χ0v) is 17.1. The number of fused-ring (bicyclic) bond motifs is 3. The summed E-state index contributed by atoms with van der Waals surface area (Å²) in [5.41, 5.74) is 1.30. The molecule has 1 aliphatic heterocycles. The molecule has 2 atom stereocenters. The first kappa shape index (κ1) is 19.8. The second-order valence-corrected chi connectivity index (χ2v) is 7.80. The molecule has 4 aromatic rings. The Balaban J connectivity index is 1.79. The number of aromatic hydroxyl groups is 1. The molecule has 32 heavy (non-hydrogen) atoms. The number of carbonyl (C=O) groups is 2. The minimum absolute atomic E-state index is 0.0137. The number of benzene rings is 3. The summed E-state index contributed by atoms with van der Waals surface area (Å²) in [5, 5.41) is 10.7. The predicted molar refractivity (Wildman–Crippen MR) is 117 cm³/mol. The summed E-state index contributed by atoms with van der Waals surface area (Å²) in [5.74, 6) is -3.84. The van der Waals surface area contributed by atoms with Gasteiger partial charge in [0.15, 0.2) is 11.5 Å². The average molecular weight is 426 g/mol. The van der Waals surface area contributed by atoms with Gasteiger partial charge in [0.1, 0.15) is 17.3 Å². The second kappa shape index (κ2) is 7.50. The Hall–Kier alpha value is -4.19. The topological polar surface area (TPSA) is 93.8 Å². The van der Waals surface area contributed by atoms with Crippen molar-refractivity contribution in [2.45, 2.75) is 12.8 Å². The van der Waals surface area contributed by atoms with E-state index in [0.29, 0.717) is 10.9 Å². The van der Waals surface area contributed by atoms with E-state index in [1.807, 2.05) is 19.1 Å². The van der Waals surface area contributed by atoms with Crippen molar-refractivity contribution in [2.24, 2.45) is 5.92 Å². The van der Waals surface area contributed by atoms with Gasteiger partial charge in [0, 0.05) is 5.92 Å². The Morgan fingerprint density at radius 1 is 0.906 bits per heavy atom. The van der Waals surface area contributed by atoms with Gasteiger partial charge in [-0.05, 0) is 36.8 Å². The predicted octanol–water partition coefficient (Wildman–Crippen LogP) is 4.36. The summed E-state index contributed by atoms with van der Waals surface area (Å²) < 4.78 is 11.1. The molecule has 0 saturated heterocycles. The van der Waals surface area contributed by atoms with Gasteiger partial charge in [-0.15, -0.1) is 0 Å². The van der Waals surface area contributed by atoms with Crippen molar-refractivity contribution in [3.8, 4) is 11.5 Å². The number of phenolic OH excluding ortho intramolecular Hbond substituents is 1. The maximum absolute atomic E-state index is 13.5. The summed E-state index contributed by atoms with van der Waals surface area (Å²) in [7, 11) is 0. The number of para-hydroxylation sites is 2. The van der Waals surface area contributed by atoms with Crippen LogP contribution in [0.1, 0.15) is 33.0 Å². The zero-order valence-electron chi connectivity index (χ0n) is 17.1. The third kappa shape index (κ3) is 3.08. The largest absolute Gasteiger partial charge is 0.507 e. The summed E-state index contributed by atoms with van der Waals surface area (Å²) in [6, 6.07) is 20.0. The van der Waals surface area contributed by atoms with E-state index in [2.05, 4.69) is 0 Å². The Morgan fingerprint density at radius 2 is 1.59 bits per heavy atom. The first-order valence-corrected chi connectivity index (χ1v) is 10.1. The highest BCUT2D eigenvalue weighted by atomic mass is 16.5.